The zero-order valence-electron chi connectivity index (χ0n) is 13.6. The standard InChI is InChI=1S/C18H20FN3O2/c1-11-16(24-17(21-11)12-5-6-12)18(23)22-8-7-20-15(10-22)13-3-2-4-14(19)9-13/h2-4,9,12,15,20H,5-8,10H2,1H3. The van der Waals surface area contributed by atoms with Crippen LogP contribution in [0.4, 0.5) is 4.39 Å². The molecule has 1 aliphatic heterocycles. The highest BCUT2D eigenvalue weighted by atomic mass is 19.1. The van der Waals surface area contributed by atoms with Gasteiger partial charge in [-0.25, -0.2) is 9.37 Å². The van der Waals surface area contributed by atoms with E-state index in [1.54, 1.807) is 11.0 Å². The third-order valence-electron chi connectivity index (χ3n) is 4.65. The zero-order valence-corrected chi connectivity index (χ0v) is 13.6. The van der Waals surface area contributed by atoms with Crippen molar-refractivity contribution in [3.05, 3.63) is 53.0 Å². The smallest absolute Gasteiger partial charge is 0.291 e. The molecule has 4 rings (SSSR count). The Morgan fingerprint density at radius 3 is 3.00 bits per heavy atom. The fraction of sp³-hybridized carbons (Fsp3) is 0.444. The van der Waals surface area contributed by atoms with Crippen LogP contribution in [0, 0.1) is 12.7 Å². The monoisotopic (exact) mass is 329 g/mol. The molecule has 1 saturated heterocycles. The molecule has 1 atom stereocenters. The summed E-state index contributed by atoms with van der Waals surface area (Å²) in [6, 6.07) is 6.42. The molecular formula is C18H20FN3O2. The molecule has 2 aromatic rings. The Labute approximate surface area is 139 Å². The lowest BCUT2D eigenvalue weighted by atomic mass is 10.0. The van der Waals surface area contributed by atoms with Crippen LogP contribution in [-0.2, 0) is 0 Å². The topological polar surface area (TPSA) is 58.4 Å². The van der Waals surface area contributed by atoms with Gasteiger partial charge in [0.2, 0.25) is 5.76 Å². The average Bonchev–Trinajstić information content (AvgIpc) is 3.37. The van der Waals surface area contributed by atoms with Crippen LogP contribution in [0.25, 0.3) is 0 Å². The largest absolute Gasteiger partial charge is 0.435 e. The van der Waals surface area contributed by atoms with Crippen molar-refractivity contribution in [3.8, 4) is 0 Å². The van der Waals surface area contributed by atoms with Gasteiger partial charge in [0.15, 0.2) is 5.89 Å². The molecule has 0 spiro atoms. The normalized spacial score (nSPS) is 21.1. The first kappa shape index (κ1) is 15.3. The van der Waals surface area contributed by atoms with E-state index in [1.165, 1.54) is 12.1 Å². The van der Waals surface area contributed by atoms with Crippen LogP contribution in [0.15, 0.2) is 28.7 Å². The lowest BCUT2D eigenvalue weighted by molar-refractivity contribution is 0.0668. The van der Waals surface area contributed by atoms with Gasteiger partial charge in [-0.1, -0.05) is 12.1 Å². The molecule has 1 aliphatic carbocycles. The molecule has 1 N–H and O–H groups in total. The maximum absolute atomic E-state index is 13.4. The Balaban J connectivity index is 1.52. The van der Waals surface area contributed by atoms with Gasteiger partial charge in [-0.15, -0.1) is 0 Å². The summed E-state index contributed by atoms with van der Waals surface area (Å²) in [5.74, 6) is 1.02. The van der Waals surface area contributed by atoms with Crippen LogP contribution in [0.5, 0.6) is 0 Å². The zero-order chi connectivity index (χ0) is 16.7. The van der Waals surface area contributed by atoms with Crippen molar-refractivity contribution in [2.45, 2.75) is 31.7 Å². The number of rotatable bonds is 3. The summed E-state index contributed by atoms with van der Waals surface area (Å²) in [6.07, 6.45) is 2.17. The highest BCUT2D eigenvalue weighted by Gasteiger charge is 2.33. The first-order valence-electron chi connectivity index (χ1n) is 8.37. The summed E-state index contributed by atoms with van der Waals surface area (Å²) in [7, 11) is 0. The van der Waals surface area contributed by atoms with Crippen LogP contribution in [0.2, 0.25) is 0 Å². The minimum atomic E-state index is -0.266. The molecule has 1 amide bonds. The minimum Gasteiger partial charge on any atom is -0.435 e. The molecular weight excluding hydrogens is 309 g/mol. The fourth-order valence-electron chi connectivity index (χ4n) is 3.15. The maximum Gasteiger partial charge on any atom is 0.291 e. The highest BCUT2D eigenvalue weighted by molar-refractivity contribution is 5.92. The Hall–Kier alpha value is -2.21. The molecule has 1 aromatic heterocycles. The van der Waals surface area contributed by atoms with E-state index in [0.29, 0.717) is 42.9 Å². The summed E-state index contributed by atoms with van der Waals surface area (Å²) >= 11 is 0. The van der Waals surface area contributed by atoms with E-state index in [2.05, 4.69) is 10.3 Å². The summed E-state index contributed by atoms with van der Waals surface area (Å²) in [6.45, 7) is 3.56. The number of benzene rings is 1. The van der Waals surface area contributed by atoms with Gasteiger partial charge in [0.05, 0.1) is 11.7 Å². The Morgan fingerprint density at radius 1 is 1.42 bits per heavy atom. The van der Waals surface area contributed by atoms with Crippen LogP contribution < -0.4 is 5.32 Å². The number of amides is 1. The lowest BCUT2D eigenvalue weighted by Gasteiger charge is -2.33. The number of aryl methyl sites for hydroxylation is 1. The number of hydrogen-bond donors (Lipinski definition) is 1. The highest BCUT2D eigenvalue weighted by Crippen LogP contribution is 2.40. The second-order valence-corrected chi connectivity index (χ2v) is 6.55. The number of carbonyl (C=O) groups is 1. The van der Waals surface area contributed by atoms with Crippen molar-refractivity contribution in [2.24, 2.45) is 0 Å². The number of hydrogen-bond acceptors (Lipinski definition) is 4. The quantitative estimate of drug-likeness (QED) is 0.941. The van der Waals surface area contributed by atoms with Crippen LogP contribution in [0.1, 0.15) is 52.5 Å². The second kappa shape index (κ2) is 6.02. The SMILES string of the molecule is Cc1nc(C2CC2)oc1C(=O)N1CCNC(c2cccc(F)c2)C1. The fourth-order valence-corrected chi connectivity index (χ4v) is 3.15. The van der Waals surface area contributed by atoms with Gasteiger partial charge in [0.1, 0.15) is 5.82 Å². The molecule has 126 valence electrons. The molecule has 6 heteroatoms. The predicted molar refractivity (Wildman–Crippen MR) is 86.3 cm³/mol. The van der Waals surface area contributed by atoms with Crippen LogP contribution in [0.3, 0.4) is 0 Å². The number of piperazine rings is 1. The number of oxazole rings is 1. The lowest BCUT2D eigenvalue weighted by Crippen LogP contribution is -2.48. The molecule has 1 unspecified atom stereocenters. The average molecular weight is 329 g/mol. The predicted octanol–water partition coefficient (Wildman–Crippen LogP) is 2.79. The van der Waals surface area contributed by atoms with Crippen LogP contribution in [-0.4, -0.2) is 35.4 Å². The first-order chi connectivity index (χ1) is 11.6. The van der Waals surface area contributed by atoms with E-state index >= 15 is 0 Å². The molecule has 2 fully saturated rings. The number of nitrogens with zero attached hydrogens (tertiary/aromatic N) is 2. The molecule has 0 radical (unpaired) electrons. The van der Waals surface area contributed by atoms with E-state index in [-0.39, 0.29) is 17.8 Å². The molecule has 0 bridgehead atoms. The van der Waals surface area contributed by atoms with Gasteiger partial charge in [-0.2, -0.15) is 0 Å². The first-order valence-corrected chi connectivity index (χ1v) is 8.37. The third kappa shape index (κ3) is 2.94. The Kier molecular flexibility index (Phi) is 3.84. The van der Waals surface area contributed by atoms with Crippen molar-refractivity contribution in [1.82, 2.24) is 15.2 Å². The van der Waals surface area contributed by atoms with Crippen LogP contribution >= 0.6 is 0 Å². The van der Waals surface area contributed by atoms with E-state index in [0.717, 1.165) is 18.4 Å². The van der Waals surface area contributed by atoms with Crippen molar-refractivity contribution in [2.75, 3.05) is 19.6 Å². The minimum absolute atomic E-state index is 0.0791. The van der Waals surface area contributed by atoms with E-state index in [4.69, 9.17) is 4.42 Å². The number of aromatic nitrogens is 1. The maximum atomic E-state index is 13.4. The number of halogens is 1. The number of nitrogens with one attached hydrogen (secondary N) is 1. The summed E-state index contributed by atoms with van der Waals surface area (Å²) in [5, 5.41) is 3.34. The molecule has 2 aliphatic rings. The van der Waals surface area contributed by atoms with Gasteiger partial charge in [-0.3, -0.25) is 4.79 Å². The van der Waals surface area contributed by atoms with Gasteiger partial charge < -0.3 is 14.6 Å². The van der Waals surface area contributed by atoms with Gasteiger partial charge >= 0.3 is 0 Å². The molecule has 1 saturated carbocycles. The van der Waals surface area contributed by atoms with Crippen molar-refractivity contribution in [3.63, 3.8) is 0 Å². The third-order valence-corrected chi connectivity index (χ3v) is 4.65. The van der Waals surface area contributed by atoms with Crippen molar-refractivity contribution >= 4 is 5.91 Å². The summed E-state index contributed by atoms with van der Waals surface area (Å²) < 4.78 is 19.2. The molecule has 5 nitrogen and oxygen atoms in total. The summed E-state index contributed by atoms with van der Waals surface area (Å²) in [5.41, 5.74) is 1.50. The Morgan fingerprint density at radius 2 is 2.25 bits per heavy atom. The van der Waals surface area contributed by atoms with Gasteiger partial charge in [-0.05, 0) is 37.5 Å². The molecule has 2 heterocycles. The Bertz CT molecular complexity index is 769. The second-order valence-electron chi connectivity index (χ2n) is 6.55. The van der Waals surface area contributed by atoms with Crippen molar-refractivity contribution < 1.29 is 13.6 Å². The molecule has 1 aromatic carbocycles. The molecule has 24 heavy (non-hydrogen) atoms. The van der Waals surface area contributed by atoms with Gasteiger partial charge in [0.25, 0.3) is 5.91 Å². The van der Waals surface area contributed by atoms with E-state index in [9.17, 15) is 9.18 Å². The van der Waals surface area contributed by atoms with Crippen molar-refractivity contribution in [1.29, 1.82) is 0 Å². The van der Waals surface area contributed by atoms with Gasteiger partial charge in [0, 0.05) is 25.6 Å². The van der Waals surface area contributed by atoms with E-state index < -0.39 is 0 Å². The summed E-state index contributed by atoms with van der Waals surface area (Å²) in [4.78, 5) is 19.0. The van der Waals surface area contributed by atoms with E-state index in [1.807, 2.05) is 13.0 Å². The number of carbonyl (C=O) groups excluding carboxylic acids is 1.